The molecule has 4 nitrogen and oxygen atoms in total. The lowest BCUT2D eigenvalue weighted by atomic mass is 9.83. The standard InChI is InChI=1S/C10H17NO3/c1-2-9(12)7-3-5-8(6-4-7)11-10(13)14/h7-8,11H,2-6H2,1H3,(H,13,14)/t7-,8-. The van der Waals surface area contributed by atoms with Crippen molar-refractivity contribution in [2.45, 2.75) is 45.1 Å². The largest absolute Gasteiger partial charge is 0.465 e. The van der Waals surface area contributed by atoms with Gasteiger partial charge in [0.1, 0.15) is 5.78 Å². The van der Waals surface area contributed by atoms with Crippen LogP contribution in [0.4, 0.5) is 4.79 Å². The van der Waals surface area contributed by atoms with Crippen molar-refractivity contribution in [1.82, 2.24) is 5.32 Å². The first kappa shape index (κ1) is 11.0. The van der Waals surface area contributed by atoms with E-state index in [1.807, 2.05) is 6.92 Å². The number of carbonyl (C=O) groups is 2. The summed E-state index contributed by atoms with van der Waals surface area (Å²) in [6.07, 6.45) is 2.89. The minimum atomic E-state index is -0.963. The van der Waals surface area contributed by atoms with Crippen LogP contribution in [0.15, 0.2) is 0 Å². The first-order valence-electron chi connectivity index (χ1n) is 5.15. The Hall–Kier alpha value is -1.06. The Labute approximate surface area is 83.7 Å². The Morgan fingerprint density at radius 3 is 2.29 bits per heavy atom. The van der Waals surface area contributed by atoms with Gasteiger partial charge in [-0.05, 0) is 25.7 Å². The van der Waals surface area contributed by atoms with E-state index >= 15 is 0 Å². The summed E-state index contributed by atoms with van der Waals surface area (Å²) in [4.78, 5) is 21.7. The molecule has 4 heteroatoms. The molecule has 1 aliphatic carbocycles. The van der Waals surface area contributed by atoms with Gasteiger partial charge in [0, 0.05) is 18.4 Å². The summed E-state index contributed by atoms with van der Waals surface area (Å²) < 4.78 is 0. The number of hydrogen-bond donors (Lipinski definition) is 2. The second-order valence-corrected chi connectivity index (χ2v) is 3.82. The molecule has 0 heterocycles. The number of rotatable bonds is 3. The molecule has 0 aromatic rings. The summed E-state index contributed by atoms with van der Waals surface area (Å²) in [7, 11) is 0. The molecule has 14 heavy (non-hydrogen) atoms. The minimum Gasteiger partial charge on any atom is -0.465 e. The zero-order valence-electron chi connectivity index (χ0n) is 8.45. The van der Waals surface area contributed by atoms with Crippen LogP contribution in [0.5, 0.6) is 0 Å². The second kappa shape index (κ2) is 4.98. The van der Waals surface area contributed by atoms with Crippen LogP contribution in [-0.4, -0.2) is 23.0 Å². The first-order chi connectivity index (χ1) is 6.63. The quantitative estimate of drug-likeness (QED) is 0.728. The molecule has 1 saturated carbocycles. The maximum absolute atomic E-state index is 11.4. The molecule has 0 radical (unpaired) electrons. The fraction of sp³-hybridized carbons (Fsp3) is 0.800. The summed E-state index contributed by atoms with van der Waals surface area (Å²) in [5.41, 5.74) is 0. The third-order valence-electron chi connectivity index (χ3n) is 2.86. The summed E-state index contributed by atoms with van der Waals surface area (Å²) in [5, 5.41) is 11.0. The van der Waals surface area contributed by atoms with E-state index in [-0.39, 0.29) is 12.0 Å². The Bertz CT molecular complexity index is 219. The molecule has 0 aliphatic heterocycles. The molecule has 2 N–H and O–H groups in total. The van der Waals surface area contributed by atoms with Crippen molar-refractivity contribution < 1.29 is 14.7 Å². The topological polar surface area (TPSA) is 66.4 Å². The number of nitrogens with one attached hydrogen (secondary N) is 1. The van der Waals surface area contributed by atoms with Gasteiger partial charge in [0.25, 0.3) is 0 Å². The molecule has 1 amide bonds. The van der Waals surface area contributed by atoms with Crippen molar-refractivity contribution in [3.8, 4) is 0 Å². The van der Waals surface area contributed by atoms with Crippen LogP contribution in [0.3, 0.4) is 0 Å². The lowest BCUT2D eigenvalue weighted by molar-refractivity contribution is -0.123. The van der Waals surface area contributed by atoms with Crippen molar-refractivity contribution in [1.29, 1.82) is 0 Å². The molecule has 1 fully saturated rings. The number of amides is 1. The van der Waals surface area contributed by atoms with Gasteiger partial charge in [0.2, 0.25) is 0 Å². The summed E-state index contributed by atoms with van der Waals surface area (Å²) in [6, 6.07) is 0.0495. The van der Waals surface area contributed by atoms with Crippen LogP contribution < -0.4 is 5.32 Å². The second-order valence-electron chi connectivity index (χ2n) is 3.82. The van der Waals surface area contributed by atoms with Crippen molar-refractivity contribution >= 4 is 11.9 Å². The molecule has 80 valence electrons. The number of carbonyl (C=O) groups excluding carboxylic acids is 1. The number of carboxylic acid groups (broad SMARTS) is 1. The van der Waals surface area contributed by atoms with Gasteiger partial charge in [-0.1, -0.05) is 6.92 Å². The Balaban J connectivity index is 2.31. The molecule has 0 atom stereocenters. The van der Waals surface area contributed by atoms with E-state index in [4.69, 9.17) is 5.11 Å². The van der Waals surface area contributed by atoms with E-state index in [9.17, 15) is 9.59 Å². The molecule has 0 aromatic carbocycles. The average molecular weight is 199 g/mol. The van der Waals surface area contributed by atoms with Crippen LogP contribution in [0.1, 0.15) is 39.0 Å². The van der Waals surface area contributed by atoms with Crippen LogP contribution >= 0.6 is 0 Å². The monoisotopic (exact) mass is 199 g/mol. The molecule has 0 saturated heterocycles. The highest BCUT2D eigenvalue weighted by Gasteiger charge is 2.25. The molecule has 0 spiro atoms. The Kier molecular flexibility index (Phi) is 3.92. The third-order valence-corrected chi connectivity index (χ3v) is 2.86. The molecular weight excluding hydrogens is 182 g/mol. The Morgan fingerprint density at radius 2 is 1.86 bits per heavy atom. The van der Waals surface area contributed by atoms with Crippen LogP contribution in [0.25, 0.3) is 0 Å². The maximum Gasteiger partial charge on any atom is 0.404 e. The lowest BCUT2D eigenvalue weighted by Crippen LogP contribution is -2.37. The zero-order chi connectivity index (χ0) is 10.6. The molecule has 0 aromatic heterocycles. The molecule has 1 rings (SSSR count). The van der Waals surface area contributed by atoms with Gasteiger partial charge < -0.3 is 10.4 Å². The van der Waals surface area contributed by atoms with Crippen LogP contribution in [-0.2, 0) is 4.79 Å². The van der Waals surface area contributed by atoms with Gasteiger partial charge in [-0.2, -0.15) is 0 Å². The van der Waals surface area contributed by atoms with Gasteiger partial charge in [0.15, 0.2) is 0 Å². The first-order valence-corrected chi connectivity index (χ1v) is 5.15. The predicted octanol–water partition coefficient (Wildman–Crippen LogP) is 1.79. The van der Waals surface area contributed by atoms with E-state index in [1.54, 1.807) is 0 Å². The SMILES string of the molecule is CCC(=O)[C@H]1CC[C@H](NC(=O)O)CC1. The normalized spacial score (nSPS) is 26.9. The fourth-order valence-corrected chi connectivity index (χ4v) is 2.02. The predicted molar refractivity (Wildman–Crippen MR) is 52.2 cm³/mol. The van der Waals surface area contributed by atoms with Crippen molar-refractivity contribution in [2.24, 2.45) is 5.92 Å². The number of Topliss-reactive ketones (excluding diaryl/α,β-unsaturated/α-hetero) is 1. The third kappa shape index (κ3) is 3.01. The van der Waals surface area contributed by atoms with Crippen molar-refractivity contribution in [2.75, 3.05) is 0 Å². The van der Waals surface area contributed by atoms with Gasteiger partial charge in [-0.15, -0.1) is 0 Å². The van der Waals surface area contributed by atoms with Crippen molar-refractivity contribution in [3.63, 3.8) is 0 Å². The molecule has 0 unspecified atom stereocenters. The van der Waals surface area contributed by atoms with Crippen LogP contribution in [0, 0.1) is 5.92 Å². The molecule has 0 bridgehead atoms. The average Bonchev–Trinajstić information content (AvgIpc) is 2.17. The van der Waals surface area contributed by atoms with Gasteiger partial charge >= 0.3 is 6.09 Å². The van der Waals surface area contributed by atoms with Gasteiger partial charge in [-0.3, -0.25) is 4.79 Å². The fourth-order valence-electron chi connectivity index (χ4n) is 2.02. The van der Waals surface area contributed by atoms with Gasteiger partial charge in [-0.25, -0.2) is 4.79 Å². The van der Waals surface area contributed by atoms with E-state index in [2.05, 4.69) is 5.32 Å². The maximum atomic E-state index is 11.4. The summed E-state index contributed by atoms with van der Waals surface area (Å²) >= 11 is 0. The van der Waals surface area contributed by atoms with Gasteiger partial charge in [0.05, 0.1) is 0 Å². The minimum absolute atomic E-state index is 0.0495. The summed E-state index contributed by atoms with van der Waals surface area (Å²) in [6.45, 7) is 1.88. The lowest BCUT2D eigenvalue weighted by Gasteiger charge is -2.27. The number of hydrogen-bond acceptors (Lipinski definition) is 2. The van der Waals surface area contributed by atoms with Crippen LogP contribution in [0.2, 0.25) is 0 Å². The molecule has 1 aliphatic rings. The van der Waals surface area contributed by atoms with Crippen molar-refractivity contribution in [3.05, 3.63) is 0 Å². The highest BCUT2D eigenvalue weighted by Crippen LogP contribution is 2.25. The smallest absolute Gasteiger partial charge is 0.404 e. The highest BCUT2D eigenvalue weighted by molar-refractivity contribution is 5.80. The summed E-state index contributed by atoms with van der Waals surface area (Å²) in [5.74, 6) is 0.491. The number of ketones is 1. The molecular formula is C10H17NO3. The van der Waals surface area contributed by atoms with E-state index < -0.39 is 6.09 Å². The zero-order valence-corrected chi connectivity index (χ0v) is 8.45. The van der Waals surface area contributed by atoms with E-state index in [0.29, 0.717) is 12.2 Å². The Morgan fingerprint density at radius 1 is 1.29 bits per heavy atom. The van der Waals surface area contributed by atoms with E-state index in [1.165, 1.54) is 0 Å². The van der Waals surface area contributed by atoms with E-state index in [0.717, 1.165) is 25.7 Å². The highest BCUT2D eigenvalue weighted by atomic mass is 16.4.